The second-order valence-electron chi connectivity index (χ2n) is 8.06. The minimum atomic E-state index is -5.23. The number of hydrogen-bond acceptors (Lipinski definition) is 3. The molecule has 1 aromatic heterocycles. The van der Waals surface area contributed by atoms with Crippen LogP contribution in [0.2, 0.25) is 0 Å². The van der Waals surface area contributed by atoms with Crippen molar-refractivity contribution in [3.05, 3.63) is 53.2 Å². The molecule has 0 saturated heterocycles. The van der Waals surface area contributed by atoms with E-state index in [1.807, 2.05) is 0 Å². The summed E-state index contributed by atoms with van der Waals surface area (Å²) in [7, 11) is 0. The first kappa shape index (κ1) is 23.8. The topological polar surface area (TPSA) is 71.6 Å². The van der Waals surface area contributed by atoms with E-state index in [-0.39, 0.29) is 11.7 Å². The number of carbonyl (C=O) groups is 1. The average Bonchev–Trinajstić information content (AvgIpc) is 3.40. The van der Waals surface area contributed by atoms with Crippen molar-refractivity contribution < 1.29 is 45.7 Å². The van der Waals surface area contributed by atoms with Crippen LogP contribution in [0.15, 0.2) is 36.5 Å². The number of nitrogens with one attached hydrogen (secondary N) is 1. The van der Waals surface area contributed by atoms with E-state index in [9.17, 15) is 31.1 Å². The van der Waals surface area contributed by atoms with Crippen LogP contribution in [-0.4, -0.2) is 22.7 Å². The predicted octanol–water partition coefficient (Wildman–Crippen LogP) is 7.12. The smallest absolute Gasteiger partial charge is 0.420 e. The van der Waals surface area contributed by atoms with Crippen LogP contribution in [-0.2, 0) is 17.1 Å². The summed E-state index contributed by atoms with van der Waals surface area (Å²) in [5, 5.41) is 9.33. The number of ether oxygens (including phenoxy) is 2. The molecule has 5 nitrogen and oxygen atoms in total. The first-order valence-electron chi connectivity index (χ1n) is 10.4. The number of fused-ring (bicyclic) bond motifs is 1. The minimum absolute atomic E-state index is 0.193. The third kappa shape index (κ3) is 4.92. The van der Waals surface area contributed by atoms with Gasteiger partial charge < -0.3 is 19.6 Å². The van der Waals surface area contributed by atoms with E-state index in [0.29, 0.717) is 23.0 Å². The van der Waals surface area contributed by atoms with Gasteiger partial charge >= 0.3 is 18.3 Å². The SMILES string of the molecule is O=C(O)COc1cc(C(F)(F)F)c(Oc2ccc3[nH]cc(C4CCCC4)c3c2)c(C(F)(F)F)c1. The Bertz CT molecular complexity index is 1170. The van der Waals surface area contributed by atoms with Gasteiger partial charge in [0.05, 0.1) is 0 Å². The molecule has 3 aromatic rings. The molecule has 0 unspecified atom stereocenters. The minimum Gasteiger partial charge on any atom is -0.482 e. The highest BCUT2D eigenvalue weighted by Crippen LogP contribution is 2.48. The molecule has 182 valence electrons. The van der Waals surface area contributed by atoms with E-state index >= 15 is 0 Å². The molecule has 0 spiro atoms. The Morgan fingerprint density at radius 3 is 2.15 bits per heavy atom. The van der Waals surface area contributed by atoms with E-state index in [0.717, 1.165) is 31.2 Å². The Hall–Kier alpha value is -3.37. The molecule has 0 amide bonds. The zero-order chi connectivity index (χ0) is 24.7. The number of carboxylic acid groups (broad SMARTS) is 1. The maximum absolute atomic E-state index is 13.7. The number of H-pyrrole nitrogens is 1. The summed E-state index contributed by atoms with van der Waals surface area (Å²) in [5.74, 6) is -3.81. The summed E-state index contributed by atoms with van der Waals surface area (Å²) in [5.41, 5.74) is -1.82. The number of aromatic nitrogens is 1. The molecular formula is C23H19F6NO4. The van der Waals surface area contributed by atoms with Crippen molar-refractivity contribution in [2.24, 2.45) is 0 Å². The number of benzene rings is 2. The van der Waals surface area contributed by atoms with Gasteiger partial charge in [-0.1, -0.05) is 12.8 Å². The molecule has 11 heteroatoms. The van der Waals surface area contributed by atoms with Crippen LogP contribution in [0.25, 0.3) is 10.9 Å². The third-order valence-corrected chi connectivity index (χ3v) is 5.74. The van der Waals surface area contributed by atoms with Crippen molar-refractivity contribution in [1.82, 2.24) is 4.98 Å². The van der Waals surface area contributed by atoms with Gasteiger partial charge in [-0.15, -0.1) is 0 Å². The van der Waals surface area contributed by atoms with Gasteiger partial charge in [0.2, 0.25) is 0 Å². The lowest BCUT2D eigenvalue weighted by Crippen LogP contribution is -2.16. The summed E-state index contributed by atoms with van der Waals surface area (Å²) >= 11 is 0. The molecule has 2 N–H and O–H groups in total. The van der Waals surface area contributed by atoms with Crippen molar-refractivity contribution >= 4 is 16.9 Å². The average molecular weight is 487 g/mol. The summed E-state index contributed by atoms with van der Waals surface area (Å²) in [4.78, 5) is 13.7. The quantitative estimate of drug-likeness (QED) is 0.363. The zero-order valence-corrected chi connectivity index (χ0v) is 17.5. The van der Waals surface area contributed by atoms with Crippen LogP contribution < -0.4 is 9.47 Å². The van der Waals surface area contributed by atoms with E-state index < -0.39 is 47.6 Å². The molecule has 1 heterocycles. The van der Waals surface area contributed by atoms with Crippen molar-refractivity contribution in [1.29, 1.82) is 0 Å². The molecule has 4 rings (SSSR count). The summed E-state index contributed by atoms with van der Waals surface area (Å²) < 4.78 is 92.3. The monoisotopic (exact) mass is 487 g/mol. The van der Waals surface area contributed by atoms with Crippen LogP contribution in [0.1, 0.15) is 48.3 Å². The molecule has 1 fully saturated rings. The third-order valence-electron chi connectivity index (χ3n) is 5.74. The molecular weight excluding hydrogens is 468 g/mol. The van der Waals surface area contributed by atoms with Crippen LogP contribution in [0.3, 0.4) is 0 Å². The molecule has 1 aliphatic rings. The van der Waals surface area contributed by atoms with Crippen molar-refractivity contribution in [2.75, 3.05) is 6.61 Å². The number of halogens is 6. The van der Waals surface area contributed by atoms with Gasteiger partial charge in [-0.2, -0.15) is 26.3 Å². The van der Waals surface area contributed by atoms with E-state index in [1.165, 1.54) is 18.2 Å². The van der Waals surface area contributed by atoms with Crippen LogP contribution in [0.5, 0.6) is 17.2 Å². The van der Waals surface area contributed by atoms with Crippen molar-refractivity contribution in [3.8, 4) is 17.2 Å². The fourth-order valence-electron chi connectivity index (χ4n) is 4.24. The maximum atomic E-state index is 13.7. The predicted molar refractivity (Wildman–Crippen MR) is 109 cm³/mol. The van der Waals surface area contributed by atoms with E-state index in [4.69, 9.17) is 9.84 Å². The Morgan fingerprint density at radius 2 is 1.59 bits per heavy atom. The summed E-state index contributed by atoms with van der Waals surface area (Å²) in [6.45, 7) is -1.11. The molecule has 1 aliphatic carbocycles. The highest BCUT2D eigenvalue weighted by molar-refractivity contribution is 5.85. The Labute approximate surface area is 189 Å². The standard InChI is InChI=1S/C23H19F6NO4/c24-22(25,26)17-8-14(33-11-20(31)32)9-18(23(27,28)29)21(17)34-13-5-6-19-15(7-13)16(10-30-19)12-3-1-2-4-12/h5-10,12,30H,1-4,11H2,(H,31,32). The molecule has 0 aliphatic heterocycles. The Morgan fingerprint density at radius 1 is 0.971 bits per heavy atom. The Kier molecular flexibility index (Phi) is 6.13. The molecule has 1 saturated carbocycles. The van der Waals surface area contributed by atoms with Gasteiger partial charge in [-0.25, -0.2) is 4.79 Å². The molecule has 0 bridgehead atoms. The normalized spacial score (nSPS) is 15.1. The van der Waals surface area contributed by atoms with Gasteiger partial charge in [0.1, 0.15) is 22.6 Å². The maximum Gasteiger partial charge on any atom is 0.420 e. The second-order valence-corrected chi connectivity index (χ2v) is 8.06. The lowest BCUT2D eigenvalue weighted by Gasteiger charge is -2.20. The fourth-order valence-corrected chi connectivity index (χ4v) is 4.24. The van der Waals surface area contributed by atoms with E-state index in [1.54, 1.807) is 6.20 Å². The lowest BCUT2D eigenvalue weighted by molar-refractivity contribution is -0.145. The van der Waals surface area contributed by atoms with Gasteiger partial charge in [0.25, 0.3) is 0 Å². The second kappa shape index (κ2) is 8.77. The molecule has 34 heavy (non-hydrogen) atoms. The van der Waals surface area contributed by atoms with Crippen LogP contribution in [0.4, 0.5) is 26.3 Å². The number of rotatable bonds is 6. The molecule has 0 atom stereocenters. The first-order valence-corrected chi connectivity index (χ1v) is 10.4. The first-order chi connectivity index (χ1) is 15.9. The van der Waals surface area contributed by atoms with Gasteiger partial charge in [-0.05, 0) is 54.7 Å². The highest BCUT2D eigenvalue weighted by Gasteiger charge is 2.43. The number of aliphatic carboxylic acids is 1. The molecule has 0 radical (unpaired) electrons. The number of alkyl halides is 6. The number of aromatic amines is 1. The largest absolute Gasteiger partial charge is 0.482 e. The van der Waals surface area contributed by atoms with Crippen LogP contribution in [0, 0.1) is 0 Å². The molecule has 2 aromatic carbocycles. The summed E-state index contributed by atoms with van der Waals surface area (Å²) in [6.07, 6.45) is -4.66. The summed E-state index contributed by atoms with van der Waals surface area (Å²) in [6, 6.07) is 4.84. The number of carboxylic acids is 1. The number of hydrogen-bond donors (Lipinski definition) is 2. The lowest BCUT2D eigenvalue weighted by atomic mass is 9.97. The fraction of sp³-hybridized carbons (Fsp3) is 0.348. The van der Waals surface area contributed by atoms with Crippen LogP contribution >= 0.6 is 0 Å². The van der Waals surface area contributed by atoms with Gasteiger partial charge in [0, 0.05) is 17.1 Å². The Balaban J connectivity index is 1.80. The van der Waals surface area contributed by atoms with Gasteiger partial charge in [0.15, 0.2) is 12.4 Å². The van der Waals surface area contributed by atoms with Crippen molar-refractivity contribution in [2.45, 2.75) is 44.0 Å². The van der Waals surface area contributed by atoms with Crippen molar-refractivity contribution in [3.63, 3.8) is 0 Å². The van der Waals surface area contributed by atoms with E-state index in [2.05, 4.69) is 9.72 Å². The highest BCUT2D eigenvalue weighted by atomic mass is 19.4. The van der Waals surface area contributed by atoms with Gasteiger partial charge in [-0.3, -0.25) is 0 Å². The zero-order valence-electron chi connectivity index (χ0n) is 17.5.